The van der Waals surface area contributed by atoms with E-state index in [0.29, 0.717) is 0 Å². The van der Waals surface area contributed by atoms with Crippen molar-refractivity contribution in [3.8, 4) is 11.5 Å². The van der Waals surface area contributed by atoms with Crippen molar-refractivity contribution in [2.24, 2.45) is 5.73 Å². The Kier molecular flexibility index (Phi) is 4.06. The molecule has 1 aliphatic heterocycles. The topological polar surface area (TPSA) is 84.9 Å². The van der Waals surface area contributed by atoms with Gasteiger partial charge in [0.1, 0.15) is 0 Å². The van der Waals surface area contributed by atoms with Crippen LogP contribution in [0.3, 0.4) is 0 Å². The number of phenolic OH excluding ortho intramolecular Hbond substituents is 2. The van der Waals surface area contributed by atoms with Gasteiger partial charge in [-0.05, 0) is 50.9 Å². The van der Waals surface area contributed by atoms with E-state index < -0.39 is 18.3 Å². The van der Waals surface area contributed by atoms with E-state index in [1.807, 2.05) is 27.7 Å². The molecule has 21 heavy (non-hydrogen) atoms. The highest BCUT2D eigenvalue weighted by atomic mass is 16.7. The highest BCUT2D eigenvalue weighted by molar-refractivity contribution is 6.55. The van der Waals surface area contributed by atoms with Crippen LogP contribution >= 0.6 is 0 Å². The maximum Gasteiger partial charge on any atom is 0.491 e. The summed E-state index contributed by atoms with van der Waals surface area (Å²) in [5, 5.41) is 18.9. The van der Waals surface area contributed by atoms with E-state index in [1.54, 1.807) is 12.1 Å². The second-order valence-corrected chi connectivity index (χ2v) is 6.26. The van der Waals surface area contributed by atoms with Crippen molar-refractivity contribution >= 4 is 13.2 Å². The zero-order chi connectivity index (χ0) is 15.8. The minimum atomic E-state index is -0.518. The van der Waals surface area contributed by atoms with E-state index in [2.05, 4.69) is 0 Å². The number of phenols is 2. The van der Waals surface area contributed by atoms with E-state index in [4.69, 9.17) is 15.0 Å². The van der Waals surface area contributed by atoms with Crippen molar-refractivity contribution in [1.29, 1.82) is 0 Å². The van der Waals surface area contributed by atoms with Gasteiger partial charge in [0.25, 0.3) is 0 Å². The van der Waals surface area contributed by atoms with Crippen molar-refractivity contribution in [2.75, 3.05) is 6.54 Å². The number of rotatable bonds is 3. The molecule has 0 amide bonds. The summed E-state index contributed by atoms with van der Waals surface area (Å²) < 4.78 is 11.9. The molecule has 0 atom stereocenters. The van der Waals surface area contributed by atoms with Gasteiger partial charge < -0.3 is 25.3 Å². The molecule has 2 rings (SSSR count). The Morgan fingerprint density at radius 1 is 1.14 bits per heavy atom. The maximum absolute atomic E-state index is 9.54. The molecule has 114 valence electrons. The molecular formula is C15H22BNO4. The monoisotopic (exact) mass is 291 g/mol. The van der Waals surface area contributed by atoms with Gasteiger partial charge in [-0.25, -0.2) is 0 Å². The molecule has 0 saturated carbocycles. The van der Waals surface area contributed by atoms with E-state index in [9.17, 15) is 10.2 Å². The van der Waals surface area contributed by atoms with Crippen molar-refractivity contribution < 1.29 is 19.5 Å². The molecule has 5 nitrogen and oxygen atoms in total. The summed E-state index contributed by atoms with van der Waals surface area (Å²) in [5.41, 5.74) is 6.45. The van der Waals surface area contributed by atoms with Gasteiger partial charge in [0.2, 0.25) is 0 Å². The van der Waals surface area contributed by atoms with Crippen LogP contribution in [-0.2, 0) is 9.31 Å². The molecule has 4 N–H and O–H groups in total. The Labute approximate surface area is 125 Å². The first-order valence-corrected chi connectivity index (χ1v) is 6.94. The zero-order valence-corrected chi connectivity index (χ0v) is 12.9. The zero-order valence-electron chi connectivity index (χ0n) is 12.9. The quantitative estimate of drug-likeness (QED) is 0.586. The normalized spacial score (nSPS) is 20.8. The molecule has 0 aromatic heterocycles. The smallest absolute Gasteiger partial charge is 0.491 e. The minimum Gasteiger partial charge on any atom is -0.504 e. The predicted octanol–water partition coefficient (Wildman–Crippen LogP) is 2.07. The molecule has 0 spiro atoms. The third-order valence-electron chi connectivity index (χ3n) is 4.14. The van der Waals surface area contributed by atoms with Gasteiger partial charge in [0.05, 0.1) is 11.2 Å². The maximum atomic E-state index is 9.54. The SMILES string of the molecule is CC1(C)OB(C(=Cc2ccc(O)c(O)c2)CN)OC1(C)C. The fourth-order valence-corrected chi connectivity index (χ4v) is 2.06. The fourth-order valence-electron chi connectivity index (χ4n) is 2.06. The van der Waals surface area contributed by atoms with Crippen LogP contribution in [0.4, 0.5) is 0 Å². The van der Waals surface area contributed by atoms with Gasteiger partial charge >= 0.3 is 7.12 Å². The average molecular weight is 291 g/mol. The molecule has 1 heterocycles. The molecule has 0 bridgehead atoms. The van der Waals surface area contributed by atoms with Crippen LogP contribution in [0.25, 0.3) is 6.08 Å². The first-order chi connectivity index (χ1) is 9.66. The highest BCUT2D eigenvalue weighted by Gasteiger charge is 2.52. The molecule has 6 heteroatoms. The Bertz CT molecular complexity index is 553. The van der Waals surface area contributed by atoms with Crippen LogP contribution in [0.15, 0.2) is 23.7 Å². The van der Waals surface area contributed by atoms with Gasteiger partial charge in [0, 0.05) is 6.54 Å². The lowest BCUT2D eigenvalue weighted by Gasteiger charge is -2.32. The fraction of sp³-hybridized carbons (Fsp3) is 0.467. The summed E-state index contributed by atoms with van der Waals surface area (Å²) in [4.78, 5) is 0. The lowest BCUT2D eigenvalue weighted by molar-refractivity contribution is 0.00578. The Balaban J connectivity index is 2.28. The lowest BCUT2D eigenvalue weighted by Crippen LogP contribution is -2.41. The largest absolute Gasteiger partial charge is 0.504 e. The molecule has 0 radical (unpaired) electrons. The molecule has 0 unspecified atom stereocenters. The Morgan fingerprint density at radius 3 is 2.19 bits per heavy atom. The summed E-state index contributed by atoms with van der Waals surface area (Å²) in [5.74, 6) is -0.328. The van der Waals surface area contributed by atoms with E-state index in [0.717, 1.165) is 11.0 Å². The number of benzene rings is 1. The van der Waals surface area contributed by atoms with Crippen molar-refractivity contribution in [1.82, 2.24) is 0 Å². The molecular weight excluding hydrogens is 269 g/mol. The second-order valence-electron chi connectivity index (χ2n) is 6.26. The van der Waals surface area contributed by atoms with Crippen LogP contribution in [-0.4, -0.2) is 35.1 Å². The van der Waals surface area contributed by atoms with Crippen molar-refractivity contribution in [3.63, 3.8) is 0 Å². The van der Waals surface area contributed by atoms with Crippen molar-refractivity contribution in [3.05, 3.63) is 29.2 Å². The van der Waals surface area contributed by atoms with Crippen LogP contribution in [0.1, 0.15) is 33.3 Å². The first kappa shape index (κ1) is 15.9. The van der Waals surface area contributed by atoms with Crippen LogP contribution in [0.5, 0.6) is 11.5 Å². The molecule has 1 aromatic carbocycles. The third-order valence-corrected chi connectivity index (χ3v) is 4.14. The van der Waals surface area contributed by atoms with Gasteiger partial charge in [-0.15, -0.1) is 0 Å². The van der Waals surface area contributed by atoms with Crippen molar-refractivity contribution in [2.45, 2.75) is 38.9 Å². The third kappa shape index (κ3) is 3.07. The predicted molar refractivity (Wildman–Crippen MR) is 82.9 cm³/mol. The molecule has 1 fully saturated rings. The summed E-state index contributed by atoms with van der Waals surface area (Å²) in [6, 6.07) is 4.59. The van der Waals surface area contributed by atoms with E-state index in [-0.39, 0.29) is 18.0 Å². The van der Waals surface area contributed by atoms with Crippen LogP contribution in [0, 0.1) is 0 Å². The van der Waals surface area contributed by atoms with Gasteiger partial charge in [-0.3, -0.25) is 0 Å². The number of hydrogen-bond donors (Lipinski definition) is 3. The summed E-state index contributed by atoms with van der Waals surface area (Å²) >= 11 is 0. The van der Waals surface area contributed by atoms with E-state index in [1.165, 1.54) is 12.1 Å². The Morgan fingerprint density at radius 2 is 1.71 bits per heavy atom. The van der Waals surface area contributed by atoms with Crippen LogP contribution < -0.4 is 5.73 Å². The number of aromatic hydroxyl groups is 2. The molecule has 1 aliphatic rings. The van der Waals surface area contributed by atoms with Gasteiger partial charge in [-0.2, -0.15) is 0 Å². The molecule has 1 aromatic rings. The van der Waals surface area contributed by atoms with E-state index >= 15 is 0 Å². The minimum absolute atomic E-state index is 0.155. The molecule has 1 saturated heterocycles. The number of hydrogen-bond acceptors (Lipinski definition) is 5. The summed E-state index contributed by atoms with van der Waals surface area (Å²) in [7, 11) is -0.518. The first-order valence-electron chi connectivity index (χ1n) is 6.94. The standard InChI is InChI=1S/C15H22BNO4/c1-14(2)15(3,4)21-16(20-14)11(9-17)7-10-5-6-12(18)13(19)8-10/h5-8,18-19H,9,17H2,1-4H3. The Hall–Kier alpha value is -1.50. The average Bonchev–Trinajstić information content (AvgIpc) is 2.59. The highest BCUT2D eigenvalue weighted by Crippen LogP contribution is 2.38. The lowest BCUT2D eigenvalue weighted by atomic mass is 9.77. The number of nitrogens with two attached hydrogens (primary N) is 1. The summed E-state index contributed by atoms with van der Waals surface area (Å²) in [6.45, 7) is 8.19. The second kappa shape index (κ2) is 5.37. The van der Waals surface area contributed by atoms with Crippen LogP contribution in [0.2, 0.25) is 0 Å². The summed E-state index contributed by atoms with van der Waals surface area (Å²) in [6.07, 6.45) is 1.81. The van der Waals surface area contributed by atoms with Gasteiger partial charge in [-0.1, -0.05) is 12.1 Å². The molecule has 0 aliphatic carbocycles. The van der Waals surface area contributed by atoms with Gasteiger partial charge in [0.15, 0.2) is 11.5 Å².